The largest absolute Gasteiger partial charge is 0.494 e. The Morgan fingerprint density at radius 3 is 2.32 bits per heavy atom. The van der Waals surface area contributed by atoms with Crippen LogP contribution in [0.4, 0.5) is 0 Å². The molecule has 152 valence electrons. The maximum atomic E-state index is 12.7. The first-order valence-electron chi connectivity index (χ1n) is 9.89. The summed E-state index contributed by atoms with van der Waals surface area (Å²) in [5.41, 5.74) is 2.00. The fourth-order valence-electron chi connectivity index (χ4n) is 3.27. The third-order valence-corrected chi connectivity index (χ3v) is 4.93. The predicted octanol–water partition coefficient (Wildman–Crippen LogP) is 4.03. The Kier molecular flexibility index (Phi) is 9.24. The molecular formula is C22H30ClN3O2. The summed E-state index contributed by atoms with van der Waals surface area (Å²) in [6.07, 6.45) is 7.09. The number of hydrogen-bond donors (Lipinski definition) is 0. The topological polar surface area (TPSA) is 45.7 Å². The Morgan fingerprint density at radius 2 is 1.68 bits per heavy atom. The van der Waals surface area contributed by atoms with Gasteiger partial charge in [0.05, 0.1) is 6.61 Å². The molecule has 1 fully saturated rings. The van der Waals surface area contributed by atoms with E-state index >= 15 is 0 Å². The van der Waals surface area contributed by atoms with E-state index in [2.05, 4.69) is 16.8 Å². The highest BCUT2D eigenvalue weighted by Gasteiger charge is 2.22. The van der Waals surface area contributed by atoms with Crippen molar-refractivity contribution in [2.45, 2.75) is 32.7 Å². The predicted molar refractivity (Wildman–Crippen MR) is 114 cm³/mol. The highest BCUT2D eigenvalue weighted by molar-refractivity contribution is 5.94. The van der Waals surface area contributed by atoms with Gasteiger partial charge in [0, 0.05) is 50.7 Å². The number of aromatic nitrogens is 1. The number of amides is 1. The van der Waals surface area contributed by atoms with Crippen LogP contribution in [0.15, 0.2) is 48.8 Å². The number of carbonyl (C=O) groups is 1. The number of nitrogens with zero attached hydrogens (tertiary/aromatic N) is 3. The number of piperazine rings is 1. The van der Waals surface area contributed by atoms with Gasteiger partial charge in [0.2, 0.25) is 0 Å². The molecule has 0 saturated carbocycles. The van der Waals surface area contributed by atoms with Gasteiger partial charge < -0.3 is 9.64 Å². The van der Waals surface area contributed by atoms with E-state index in [1.54, 1.807) is 0 Å². The molecule has 3 rings (SSSR count). The number of pyridine rings is 1. The van der Waals surface area contributed by atoms with Crippen molar-refractivity contribution in [3.8, 4) is 5.75 Å². The van der Waals surface area contributed by atoms with Crippen LogP contribution in [0.3, 0.4) is 0 Å². The third kappa shape index (κ3) is 6.50. The van der Waals surface area contributed by atoms with Gasteiger partial charge in [-0.05, 0) is 48.4 Å². The molecule has 0 unspecified atom stereocenters. The van der Waals surface area contributed by atoms with Crippen LogP contribution in [-0.4, -0.2) is 53.5 Å². The molecule has 0 N–H and O–H groups in total. The second kappa shape index (κ2) is 11.7. The van der Waals surface area contributed by atoms with Gasteiger partial charge >= 0.3 is 0 Å². The molecule has 28 heavy (non-hydrogen) atoms. The summed E-state index contributed by atoms with van der Waals surface area (Å²) < 4.78 is 5.72. The zero-order valence-corrected chi connectivity index (χ0v) is 17.4. The monoisotopic (exact) mass is 403 g/mol. The van der Waals surface area contributed by atoms with Crippen molar-refractivity contribution in [2.24, 2.45) is 0 Å². The lowest BCUT2D eigenvalue weighted by atomic mass is 10.1. The van der Waals surface area contributed by atoms with Crippen LogP contribution in [0.25, 0.3) is 0 Å². The van der Waals surface area contributed by atoms with Crippen molar-refractivity contribution in [3.05, 3.63) is 59.9 Å². The van der Waals surface area contributed by atoms with Crippen molar-refractivity contribution in [1.29, 1.82) is 0 Å². The minimum absolute atomic E-state index is 0. The summed E-state index contributed by atoms with van der Waals surface area (Å²) in [6.45, 7) is 7.15. The van der Waals surface area contributed by atoms with E-state index in [1.807, 2.05) is 53.7 Å². The minimum atomic E-state index is 0. The fraction of sp³-hybridized carbons (Fsp3) is 0.455. The summed E-state index contributed by atoms with van der Waals surface area (Å²) in [4.78, 5) is 21.1. The summed E-state index contributed by atoms with van der Waals surface area (Å²) in [6, 6.07) is 11.6. The maximum absolute atomic E-state index is 12.7. The molecule has 0 atom stereocenters. The van der Waals surface area contributed by atoms with E-state index in [-0.39, 0.29) is 18.3 Å². The molecule has 2 heterocycles. The molecule has 0 aliphatic carbocycles. The minimum Gasteiger partial charge on any atom is -0.494 e. The fourth-order valence-corrected chi connectivity index (χ4v) is 3.27. The highest BCUT2D eigenvalue weighted by Crippen LogP contribution is 2.16. The first-order chi connectivity index (χ1) is 13.3. The third-order valence-electron chi connectivity index (χ3n) is 4.93. The number of carbonyl (C=O) groups excluding carboxylic acids is 1. The molecule has 1 aromatic heterocycles. The van der Waals surface area contributed by atoms with Crippen LogP contribution in [0.5, 0.6) is 5.75 Å². The number of ether oxygens (including phenoxy) is 1. The van der Waals surface area contributed by atoms with Crippen molar-refractivity contribution in [1.82, 2.24) is 14.8 Å². The molecule has 1 aromatic carbocycles. The van der Waals surface area contributed by atoms with Gasteiger partial charge in [0.25, 0.3) is 5.91 Å². The number of benzene rings is 1. The average molecular weight is 404 g/mol. The van der Waals surface area contributed by atoms with Crippen molar-refractivity contribution in [2.75, 3.05) is 32.8 Å². The number of unbranched alkanes of at least 4 members (excludes halogenated alkanes) is 2. The van der Waals surface area contributed by atoms with Gasteiger partial charge in [0.15, 0.2) is 0 Å². The van der Waals surface area contributed by atoms with Gasteiger partial charge in [-0.25, -0.2) is 0 Å². The normalized spacial score (nSPS) is 14.4. The van der Waals surface area contributed by atoms with Crippen molar-refractivity contribution in [3.63, 3.8) is 0 Å². The Bertz CT molecular complexity index is 701. The zero-order valence-electron chi connectivity index (χ0n) is 16.5. The number of rotatable bonds is 8. The summed E-state index contributed by atoms with van der Waals surface area (Å²) in [5, 5.41) is 0. The van der Waals surface area contributed by atoms with Gasteiger partial charge in [-0.3, -0.25) is 14.7 Å². The van der Waals surface area contributed by atoms with Crippen molar-refractivity contribution >= 4 is 18.3 Å². The molecule has 1 saturated heterocycles. The van der Waals surface area contributed by atoms with Gasteiger partial charge in [-0.1, -0.05) is 19.8 Å². The van der Waals surface area contributed by atoms with Gasteiger partial charge in [-0.2, -0.15) is 0 Å². The van der Waals surface area contributed by atoms with Crippen LogP contribution in [-0.2, 0) is 6.54 Å². The highest BCUT2D eigenvalue weighted by atomic mass is 35.5. The standard InChI is InChI=1S/C22H29N3O2.ClH/c1-2-3-4-17-27-21-7-5-20(6-8-21)22(26)25-15-13-24(14-16-25)18-19-9-11-23-12-10-19;/h5-12H,2-4,13-18H2,1H3;1H. The van der Waals surface area contributed by atoms with E-state index in [9.17, 15) is 4.79 Å². The quantitative estimate of drug-likeness (QED) is 0.624. The Hall–Kier alpha value is -2.11. The molecule has 2 aromatic rings. The molecule has 0 radical (unpaired) electrons. The van der Waals surface area contributed by atoms with Gasteiger partial charge in [0.1, 0.15) is 5.75 Å². The lowest BCUT2D eigenvalue weighted by Crippen LogP contribution is -2.48. The molecule has 0 spiro atoms. The first-order valence-corrected chi connectivity index (χ1v) is 9.89. The summed E-state index contributed by atoms with van der Waals surface area (Å²) in [7, 11) is 0. The smallest absolute Gasteiger partial charge is 0.253 e. The SMILES string of the molecule is CCCCCOc1ccc(C(=O)N2CCN(Cc3ccncc3)CC2)cc1.Cl. The molecule has 1 amide bonds. The lowest BCUT2D eigenvalue weighted by molar-refractivity contribution is 0.0628. The van der Waals surface area contributed by atoms with E-state index in [4.69, 9.17) is 4.74 Å². The van der Waals surface area contributed by atoms with E-state index in [1.165, 1.54) is 18.4 Å². The van der Waals surface area contributed by atoms with Crippen LogP contribution in [0, 0.1) is 0 Å². The Labute approximate surface area is 174 Å². The van der Waals surface area contributed by atoms with Crippen LogP contribution in [0.1, 0.15) is 42.1 Å². The van der Waals surface area contributed by atoms with E-state index < -0.39 is 0 Å². The van der Waals surface area contributed by atoms with E-state index in [0.29, 0.717) is 0 Å². The van der Waals surface area contributed by atoms with Crippen molar-refractivity contribution < 1.29 is 9.53 Å². The lowest BCUT2D eigenvalue weighted by Gasteiger charge is -2.34. The summed E-state index contributed by atoms with van der Waals surface area (Å²) >= 11 is 0. The number of halogens is 1. The van der Waals surface area contributed by atoms with Crippen LogP contribution < -0.4 is 4.74 Å². The molecule has 0 bridgehead atoms. The average Bonchev–Trinajstić information content (AvgIpc) is 2.72. The first kappa shape index (κ1) is 22.2. The Morgan fingerprint density at radius 1 is 1.00 bits per heavy atom. The molecular weight excluding hydrogens is 374 g/mol. The molecule has 5 nitrogen and oxygen atoms in total. The second-order valence-electron chi connectivity index (χ2n) is 7.00. The van der Waals surface area contributed by atoms with Gasteiger partial charge in [-0.15, -0.1) is 12.4 Å². The van der Waals surface area contributed by atoms with Crippen LogP contribution >= 0.6 is 12.4 Å². The second-order valence-corrected chi connectivity index (χ2v) is 7.00. The molecule has 1 aliphatic rings. The van der Waals surface area contributed by atoms with E-state index in [0.717, 1.165) is 57.1 Å². The Balaban J connectivity index is 0.00000280. The molecule has 1 aliphatic heterocycles. The van der Waals surface area contributed by atoms with Crippen LogP contribution in [0.2, 0.25) is 0 Å². The zero-order chi connectivity index (χ0) is 18.9. The molecule has 6 heteroatoms. The number of hydrogen-bond acceptors (Lipinski definition) is 4. The maximum Gasteiger partial charge on any atom is 0.253 e. The summed E-state index contributed by atoms with van der Waals surface area (Å²) in [5.74, 6) is 0.945.